The first-order valence-electron chi connectivity index (χ1n) is 8.25. The van der Waals surface area contributed by atoms with Crippen LogP contribution < -0.4 is 30.1 Å². The second-order valence-corrected chi connectivity index (χ2v) is 9.54. The highest BCUT2D eigenvalue weighted by Crippen LogP contribution is 2.55. The average Bonchev–Trinajstić information content (AvgIpc) is 3.05. The molecule has 1 aliphatic heterocycles. The predicted octanol–water partition coefficient (Wildman–Crippen LogP) is 4.42. The molecule has 0 aliphatic carbocycles. The number of fused-ring (bicyclic) bond motifs is 1. The van der Waals surface area contributed by atoms with Crippen LogP contribution in [0.4, 0.5) is 8.78 Å². The third-order valence-electron chi connectivity index (χ3n) is 4.36. The van der Waals surface area contributed by atoms with E-state index in [1.165, 1.54) is 13.2 Å². The second kappa shape index (κ2) is 6.90. The summed E-state index contributed by atoms with van der Waals surface area (Å²) in [6.07, 6.45) is -3.83. The summed E-state index contributed by atoms with van der Waals surface area (Å²) < 4.78 is 56.5. The van der Waals surface area contributed by atoms with Gasteiger partial charge in [-0.3, -0.25) is 0 Å². The maximum atomic E-state index is 14.5. The Hall–Kier alpha value is -2.37. The van der Waals surface area contributed by atoms with Crippen LogP contribution in [-0.4, -0.2) is 13.4 Å². The summed E-state index contributed by atoms with van der Waals surface area (Å²) in [6, 6.07) is 19.1. The SMILES string of the molecule is COc1cc(P(=O)(c2ccccc2)c2ccccc2)c(Br)c2c1OC(F)(F)O2. The van der Waals surface area contributed by atoms with Crippen LogP contribution in [0.2, 0.25) is 0 Å². The zero-order chi connectivity index (χ0) is 19.9. The van der Waals surface area contributed by atoms with Gasteiger partial charge in [0.15, 0.2) is 18.6 Å². The molecule has 0 fully saturated rings. The summed E-state index contributed by atoms with van der Waals surface area (Å²) in [5.74, 6) is -0.473. The Kier molecular flexibility index (Phi) is 4.68. The zero-order valence-electron chi connectivity index (χ0n) is 14.6. The quantitative estimate of drug-likeness (QED) is 0.534. The fraction of sp³-hybridized carbons (Fsp3) is 0.100. The van der Waals surface area contributed by atoms with Gasteiger partial charge in [0.05, 0.1) is 11.6 Å². The Bertz CT molecular complexity index is 1030. The van der Waals surface area contributed by atoms with Gasteiger partial charge in [-0.2, -0.15) is 0 Å². The lowest BCUT2D eigenvalue weighted by molar-refractivity contribution is -0.287. The summed E-state index contributed by atoms with van der Waals surface area (Å²) in [5, 5.41) is 1.38. The van der Waals surface area contributed by atoms with Crippen LogP contribution in [0.1, 0.15) is 0 Å². The van der Waals surface area contributed by atoms with E-state index in [2.05, 4.69) is 25.4 Å². The Balaban J connectivity index is 2.04. The molecule has 0 spiro atoms. The largest absolute Gasteiger partial charge is 0.586 e. The molecular weight excluding hydrogens is 453 g/mol. The van der Waals surface area contributed by atoms with Gasteiger partial charge in [-0.1, -0.05) is 60.7 Å². The molecule has 4 nitrogen and oxygen atoms in total. The molecule has 8 heteroatoms. The molecule has 1 heterocycles. The molecule has 3 aromatic carbocycles. The van der Waals surface area contributed by atoms with Crippen molar-refractivity contribution in [2.75, 3.05) is 7.11 Å². The minimum Gasteiger partial charge on any atom is -0.493 e. The Morgan fingerprint density at radius 1 is 0.929 bits per heavy atom. The molecular formula is C20H14BrF2O4P. The van der Waals surface area contributed by atoms with Crippen molar-refractivity contribution >= 4 is 39.0 Å². The molecule has 144 valence electrons. The fourth-order valence-corrected chi connectivity index (χ4v) is 6.95. The highest BCUT2D eigenvalue weighted by molar-refractivity contribution is 9.10. The number of hydrogen-bond donors (Lipinski definition) is 0. The van der Waals surface area contributed by atoms with Crippen LogP contribution in [0, 0.1) is 0 Å². The summed E-state index contributed by atoms with van der Waals surface area (Å²) in [7, 11) is -2.11. The average molecular weight is 467 g/mol. The lowest BCUT2D eigenvalue weighted by Crippen LogP contribution is -2.27. The van der Waals surface area contributed by atoms with E-state index in [0.29, 0.717) is 10.6 Å². The first-order chi connectivity index (χ1) is 13.4. The van der Waals surface area contributed by atoms with Gasteiger partial charge < -0.3 is 18.8 Å². The topological polar surface area (TPSA) is 44.8 Å². The Morgan fingerprint density at radius 3 is 1.93 bits per heavy atom. The van der Waals surface area contributed by atoms with Crippen molar-refractivity contribution in [1.29, 1.82) is 0 Å². The first kappa shape index (κ1) is 19.0. The van der Waals surface area contributed by atoms with Gasteiger partial charge in [0.1, 0.15) is 0 Å². The number of hydrogen-bond acceptors (Lipinski definition) is 4. The molecule has 0 saturated carbocycles. The maximum Gasteiger partial charge on any atom is 0.586 e. The van der Waals surface area contributed by atoms with E-state index in [1.54, 1.807) is 48.5 Å². The van der Waals surface area contributed by atoms with E-state index >= 15 is 0 Å². The van der Waals surface area contributed by atoms with Gasteiger partial charge in [-0.05, 0) is 22.0 Å². The molecule has 0 unspecified atom stereocenters. The summed E-state index contributed by atoms with van der Waals surface area (Å²) in [6.45, 7) is 0. The van der Waals surface area contributed by atoms with E-state index in [0.717, 1.165) is 0 Å². The summed E-state index contributed by atoms with van der Waals surface area (Å²) in [4.78, 5) is 0. The fourth-order valence-electron chi connectivity index (χ4n) is 3.11. The number of alkyl halides is 2. The molecule has 0 aromatic heterocycles. The van der Waals surface area contributed by atoms with E-state index < -0.39 is 13.4 Å². The molecule has 0 atom stereocenters. The van der Waals surface area contributed by atoms with Crippen LogP contribution in [0.5, 0.6) is 17.2 Å². The van der Waals surface area contributed by atoms with Gasteiger partial charge in [-0.15, -0.1) is 8.78 Å². The lowest BCUT2D eigenvalue weighted by Gasteiger charge is -2.22. The van der Waals surface area contributed by atoms with Crippen LogP contribution in [0.15, 0.2) is 71.2 Å². The number of benzene rings is 3. The van der Waals surface area contributed by atoms with Crippen molar-refractivity contribution in [2.45, 2.75) is 6.29 Å². The highest BCUT2D eigenvalue weighted by atomic mass is 79.9. The van der Waals surface area contributed by atoms with E-state index in [-0.39, 0.29) is 27.0 Å². The van der Waals surface area contributed by atoms with Crippen LogP contribution in [0.25, 0.3) is 0 Å². The van der Waals surface area contributed by atoms with Crippen LogP contribution in [-0.2, 0) is 4.57 Å². The Labute approximate surface area is 168 Å². The third kappa shape index (κ3) is 2.99. The number of ether oxygens (including phenoxy) is 3. The van der Waals surface area contributed by atoms with Crippen molar-refractivity contribution in [3.8, 4) is 17.2 Å². The van der Waals surface area contributed by atoms with Crippen molar-refractivity contribution in [1.82, 2.24) is 0 Å². The maximum absolute atomic E-state index is 14.5. The molecule has 28 heavy (non-hydrogen) atoms. The van der Waals surface area contributed by atoms with Crippen molar-refractivity contribution < 1.29 is 27.6 Å². The molecule has 0 radical (unpaired) electrons. The molecule has 4 rings (SSSR count). The van der Waals surface area contributed by atoms with Crippen LogP contribution >= 0.6 is 23.1 Å². The van der Waals surface area contributed by atoms with Gasteiger partial charge in [0.25, 0.3) is 0 Å². The summed E-state index contributed by atoms with van der Waals surface area (Å²) in [5.41, 5.74) is 0. The predicted molar refractivity (Wildman–Crippen MR) is 106 cm³/mol. The molecule has 0 saturated heterocycles. The van der Waals surface area contributed by atoms with Gasteiger partial charge in [0, 0.05) is 15.9 Å². The normalized spacial score (nSPS) is 14.7. The smallest absolute Gasteiger partial charge is 0.493 e. The first-order valence-corrected chi connectivity index (χ1v) is 10.7. The van der Waals surface area contributed by atoms with Crippen molar-refractivity contribution in [3.05, 3.63) is 71.2 Å². The monoisotopic (exact) mass is 466 g/mol. The van der Waals surface area contributed by atoms with E-state index in [4.69, 9.17) is 4.74 Å². The Morgan fingerprint density at radius 2 is 1.43 bits per heavy atom. The van der Waals surface area contributed by atoms with E-state index in [9.17, 15) is 13.3 Å². The minimum absolute atomic E-state index is 0.0115. The van der Waals surface area contributed by atoms with Crippen molar-refractivity contribution in [2.24, 2.45) is 0 Å². The molecule has 0 amide bonds. The van der Waals surface area contributed by atoms with Crippen molar-refractivity contribution in [3.63, 3.8) is 0 Å². The minimum atomic E-state index is -3.83. The number of halogens is 3. The standard InChI is InChI=1S/C20H14BrF2O4P/c1-25-15-12-16(17(21)19-18(15)26-20(22,23)27-19)28(24,13-8-4-2-5-9-13)14-10-6-3-7-11-14/h2-12H,1H3. The third-order valence-corrected chi connectivity index (χ3v) is 8.54. The highest BCUT2D eigenvalue weighted by Gasteiger charge is 2.48. The number of methoxy groups -OCH3 is 1. The molecule has 3 aromatic rings. The summed E-state index contributed by atoms with van der Waals surface area (Å²) >= 11 is 3.31. The van der Waals surface area contributed by atoms with Gasteiger partial charge in [-0.25, -0.2) is 0 Å². The number of rotatable bonds is 4. The van der Waals surface area contributed by atoms with Gasteiger partial charge >= 0.3 is 6.29 Å². The molecule has 0 bridgehead atoms. The molecule has 1 aliphatic rings. The van der Waals surface area contributed by atoms with E-state index in [1.807, 2.05) is 12.1 Å². The zero-order valence-corrected chi connectivity index (χ0v) is 17.0. The lowest BCUT2D eigenvalue weighted by atomic mass is 10.3. The van der Waals surface area contributed by atoms with Crippen LogP contribution in [0.3, 0.4) is 0 Å². The van der Waals surface area contributed by atoms with Gasteiger partial charge in [0.2, 0.25) is 5.75 Å². The second-order valence-electron chi connectivity index (χ2n) is 6.02. The molecule has 0 N–H and O–H groups in total.